The summed E-state index contributed by atoms with van der Waals surface area (Å²) in [4.78, 5) is 36.3. The molecule has 0 radical (unpaired) electrons. The first-order valence-corrected chi connectivity index (χ1v) is 6.85. The molecular formula is C15H18N2O4. The number of anilines is 1. The standard InChI is InChI=1S/C15H18N2O4/c1-10(18)11-5-2-3-6-12(11)16-14(19)9-17-8-4-7-13(17)15(20)21/h2-3,5-6,13H,4,7-9H2,1H3,(H,16,19)(H,20,21)/t13-/m1/s1. The van der Waals surface area contributed by atoms with Crippen molar-refractivity contribution < 1.29 is 19.5 Å². The van der Waals surface area contributed by atoms with Crippen LogP contribution in [0.4, 0.5) is 5.69 Å². The average Bonchev–Trinajstić information content (AvgIpc) is 2.87. The summed E-state index contributed by atoms with van der Waals surface area (Å²) in [6.07, 6.45) is 1.33. The van der Waals surface area contributed by atoms with Gasteiger partial charge in [0.2, 0.25) is 5.91 Å². The highest BCUT2D eigenvalue weighted by Crippen LogP contribution is 2.18. The van der Waals surface area contributed by atoms with Crippen molar-refractivity contribution in [2.24, 2.45) is 0 Å². The second-order valence-electron chi connectivity index (χ2n) is 5.12. The Morgan fingerprint density at radius 1 is 1.33 bits per heavy atom. The summed E-state index contributed by atoms with van der Waals surface area (Å²) in [5.74, 6) is -1.34. The SMILES string of the molecule is CC(=O)c1ccccc1NC(=O)CN1CCC[C@@H]1C(=O)O. The summed E-state index contributed by atoms with van der Waals surface area (Å²) in [7, 11) is 0. The lowest BCUT2D eigenvalue weighted by atomic mass is 10.1. The lowest BCUT2D eigenvalue weighted by Gasteiger charge is -2.20. The summed E-state index contributed by atoms with van der Waals surface area (Å²) in [6, 6.07) is 6.17. The van der Waals surface area contributed by atoms with Gasteiger partial charge in [0, 0.05) is 5.56 Å². The van der Waals surface area contributed by atoms with Gasteiger partial charge in [0.25, 0.3) is 0 Å². The predicted molar refractivity (Wildman–Crippen MR) is 77.3 cm³/mol. The predicted octanol–water partition coefficient (Wildman–Crippen LogP) is 1.38. The highest BCUT2D eigenvalue weighted by Gasteiger charge is 2.31. The maximum Gasteiger partial charge on any atom is 0.320 e. The summed E-state index contributed by atoms with van der Waals surface area (Å²) < 4.78 is 0. The van der Waals surface area contributed by atoms with Gasteiger partial charge in [-0.15, -0.1) is 0 Å². The number of Topliss-reactive ketones (excluding diaryl/α,β-unsaturated/α-hetero) is 1. The smallest absolute Gasteiger partial charge is 0.320 e. The Morgan fingerprint density at radius 2 is 2.05 bits per heavy atom. The Kier molecular flexibility index (Phi) is 4.70. The number of nitrogens with one attached hydrogen (secondary N) is 1. The Bertz CT molecular complexity index is 571. The van der Waals surface area contributed by atoms with Gasteiger partial charge in [-0.05, 0) is 38.4 Å². The van der Waals surface area contributed by atoms with Gasteiger partial charge < -0.3 is 10.4 Å². The zero-order chi connectivity index (χ0) is 15.4. The zero-order valence-electron chi connectivity index (χ0n) is 11.8. The maximum absolute atomic E-state index is 12.1. The second kappa shape index (κ2) is 6.49. The van der Waals surface area contributed by atoms with E-state index in [1.165, 1.54) is 6.92 Å². The lowest BCUT2D eigenvalue weighted by molar-refractivity contribution is -0.142. The Hall–Kier alpha value is -2.21. The number of amides is 1. The molecule has 0 unspecified atom stereocenters. The van der Waals surface area contributed by atoms with Crippen LogP contribution >= 0.6 is 0 Å². The van der Waals surface area contributed by atoms with E-state index in [4.69, 9.17) is 5.11 Å². The molecule has 112 valence electrons. The van der Waals surface area contributed by atoms with Crippen LogP contribution in [0.5, 0.6) is 0 Å². The maximum atomic E-state index is 12.1. The minimum Gasteiger partial charge on any atom is -0.480 e. The molecule has 1 heterocycles. The first kappa shape index (κ1) is 15.2. The van der Waals surface area contributed by atoms with Crippen molar-refractivity contribution in [1.29, 1.82) is 0 Å². The minimum absolute atomic E-state index is 0.0171. The van der Waals surface area contributed by atoms with Crippen LogP contribution in [0.1, 0.15) is 30.1 Å². The van der Waals surface area contributed by atoms with Crippen molar-refractivity contribution in [3.8, 4) is 0 Å². The molecule has 0 aromatic heterocycles. The molecule has 1 fully saturated rings. The van der Waals surface area contributed by atoms with E-state index in [1.807, 2.05) is 0 Å². The molecule has 1 aliphatic heterocycles. The number of ketones is 1. The van der Waals surface area contributed by atoms with E-state index < -0.39 is 12.0 Å². The van der Waals surface area contributed by atoms with Crippen molar-refractivity contribution in [2.45, 2.75) is 25.8 Å². The average molecular weight is 290 g/mol. The van der Waals surface area contributed by atoms with Crippen LogP contribution < -0.4 is 5.32 Å². The third kappa shape index (κ3) is 3.66. The second-order valence-corrected chi connectivity index (χ2v) is 5.12. The number of para-hydroxylation sites is 1. The Labute approximate surface area is 122 Å². The summed E-state index contributed by atoms with van der Waals surface area (Å²) in [6.45, 7) is 2.05. The van der Waals surface area contributed by atoms with Crippen LogP contribution in [0.3, 0.4) is 0 Å². The largest absolute Gasteiger partial charge is 0.480 e. The van der Waals surface area contributed by atoms with E-state index in [0.29, 0.717) is 24.2 Å². The van der Waals surface area contributed by atoms with Gasteiger partial charge in [-0.25, -0.2) is 0 Å². The normalized spacial score (nSPS) is 18.4. The molecule has 1 saturated heterocycles. The van der Waals surface area contributed by atoms with E-state index in [-0.39, 0.29) is 18.2 Å². The molecule has 6 heteroatoms. The van der Waals surface area contributed by atoms with Crippen molar-refractivity contribution in [2.75, 3.05) is 18.4 Å². The molecule has 1 aromatic rings. The Morgan fingerprint density at radius 3 is 2.71 bits per heavy atom. The van der Waals surface area contributed by atoms with E-state index in [9.17, 15) is 14.4 Å². The van der Waals surface area contributed by atoms with Crippen molar-refractivity contribution in [3.63, 3.8) is 0 Å². The first-order chi connectivity index (χ1) is 9.99. The summed E-state index contributed by atoms with van der Waals surface area (Å²) in [5, 5.41) is 11.8. The van der Waals surface area contributed by atoms with Crippen LogP contribution in [0, 0.1) is 0 Å². The number of likely N-dealkylation sites (tertiary alicyclic amines) is 1. The Balaban J connectivity index is 2.02. The first-order valence-electron chi connectivity index (χ1n) is 6.85. The fraction of sp³-hybridized carbons (Fsp3) is 0.400. The molecule has 0 saturated carbocycles. The topological polar surface area (TPSA) is 86.7 Å². The number of benzene rings is 1. The molecule has 0 bridgehead atoms. The zero-order valence-corrected chi connectivity index (χ0v) is 11.8. The fourth-order valence-electron chi connectivity index (χ4n) is 2.57. The number of rotatable bonds is 5. The molecule has 21 heavy (non-hydrogen) atoms. The highest BCUT2D eigenvalue weighted by molar-refractivity contribution is 6.04. The molecule has 2 N–H and O–H groups in total. The van der Waals surface area contributed by atoms with Gasteiger partial charge in [-0.3, -0.25) is 19.3 Å². The van der Waals surface area contributed by atoms with E-state index in [1.54, 1.807) is 29.2 Å². The molecular weight excluding hydrogens is 272 g/mol. The molecule has 1 aliphatic rings. The van der Waals surface area contributed by atoms with Gasteiger partial charge in [0.15, 0.2) is 5.78 Å². The lowest BCUT2D eigenvalue weighted by Crippen LogP contribution is -2.41. The number of carbonyl (C=O) groups excluding carboxylic acids is 2. The third-order valence-corrected chi connectivity index (χ3v) is 3.58. The molecule has 1 amide bonds. The van der Waals surface area contributed by atoms with Crippen LogP contribution in [-0.2, 0) is 9.59 Å². The molecule has 1 atom stereocenters. The molecule has 6 nitrogen and oxygen atoms in total. The molecule has 0 spiro atoms. The summed E-state index contributed by atoms with van der Waals surface area (Å²) >= 11 is 0. The highest BCUT2D eigenvalue weighted by atomic mass is 16.4. The monoisotopic (exact) mass is 290 g/mol. The number of carbonyl (C=O) groups is 3. The number of hydrogen-bond acceptors (Lipinski definition) is 4. The number of nitrogens with zero attached hydrogens (tertiary/aromatic N) is 1. The van der Waals surface area contributed by atoms with Crippen LogP contribution in [0.25, 0.3) is 0 Å². The van der Waals surface area contributed by atoms with Gasteiger partial charge >= 0.3 is 5.97 Å². The van der Waals surface area contributed by atoms with Crippen LogP contribution in [0.15, 0.2) is 24.3 Å². The molecule has 2 rings (SSSR count). The van der Waals surface area contributed by atoms with Gasteiger partial charge in [0.1, 0.15) is 6.04 Å². The van der Waals surface area contributed by atoms with E-state index in [0.717, 1.165) is 6.42 Å². The van der Waals surface area contributed by atoms with E-state index >= 15 is 0 Å². The quantitative estimate of drug-likeness (QED) is 0.800. The third-order valence-electron chi connectivity index (χ3n) is 3.58. The fourth-order valence-corrected chi connectivity index (χ4v) is 2.57. The number of aliphatic carboxylic acids is 1. The number of carboxylic acids is 1. The van der Waals surface area contributed by atoms with Gasteiger partial charge in [-0.2, -0.15) is 0 Å². The van der Waals surface area contributed by atoms with Crippen molar-refractivity contribution in [3.05, 3.63) is 29.8 Å². The van der Waals surface area contributed by atoms with Gasteiger partial charge in [0.05, 0.1) is 12.2 Å². The van der Waals surface area contributed by atoms with Crippen molar-refractivity contribution in [1.82, 2.24) is 4.90 Å². The summed E-state index contributed by atoms with van der Waals surface area (Å²) in [5.41, 5.74) is 0.906. The van der Waals surface area contributed by atoms with Crippen molar-refractivity contribution >= 4 is 23.3 Å². The van der Waals surface area contributed by atoms with Crippen LogP contribution in [-0.4, -0.2) is 46.8 Å². The molecule has 0 aliphatic carbocycles. The van der Waals surface area contributed by atoms with Gasteiger partial charge in [-0.1, -0.05) is 12.1 Å². The number of carboxylic acid groups (broad SMARTS) is 1. The molecule has 1 aromatic carbocycles. The number of hydrogen-bond donors (Lipinski definition) is 2. The van der Waals surface area contributed by atoms with Crippen LogP contribution in [0.2, 0.25) is 0 Å². The van der Waals surface area contributed by atoms with E-state index in [2.05, 4.69) is 5.32 Å². The minimum atomic E-state index is -0.899.